The molecule has 17 heavy (non-hydrogen) atoms. The molecule has 0 spiro atoms. The van der Waals surface area contributed by atoms with Crippen LogP contribution in [0, 0.1) is 6.92 Å². The van der Waals surface area contributed by atoms with E-state index in [1.54, 1.807) is 6.07 Å². The number of nitrogens with one attached hydrogen (secondary N) is 1. The number of aliphatic hydroxyl groups is 1. The lowest BCUT2D eigenvalue weighted by Crippen LogP contribution is -2.39. The highest BCUT2D eigenvalue weighted by molar-refractivity contribution is 9.10. The van der Waals surface area contributed by atoms with Gasteiger partial charge in [-0.25, -0.2) is 0 Å². The Morgan fingerprint density at radius 3 is 2.76 bits per heavy atom. The molecule has 2 atom stereocenters. The van der Waals surface area contributed by atoms with E-state index in [0.29, 0.717) is 5.56 Å². The van der Waals surface area contributed by atoms with Gasteiger partial charge in [-0.3, -0.25) is 4.79 Å². The third-order valence-electron chi connectivity index (χ3n) is 3.10. The molecule has 92 valence electrons. The minimum Gasteiger partial charge on any atom is -0.391 e. The zero-order valence-corrected chi connectivity index (χ0v) is 11.3. The predicted octanol–water partition coefficient (Wildman–Crippen LogP) is 2.40. The van der Waals surface area contributed by atoms with Crippen molar-refractivity contribution in [3.63, 3.8) is 0 Å². The zero-order valence-electron chi connectivity index (χ0n) is 9.74. The molecule has 0 radical (unpaired) electrons. The van der Waals surface area contributed by atoms with E-state index in [2.05, 4.69) is 21.2 Å². The fraction of sp³-hybridized carbons (Fsp3) is 0.462. The number of aliphatic hydroxyl groups excluding tert-OH is 1. The van der Waals surface area contributed by atoms with E-state index in [1.165, 1.54) is 0 Å². The number of halogens is 1. The number of aryl methyl sites for hydroxylation is 1. The van der Waals surface area contributed by atoms with Crippen LogP contribution < -0.4 is 5.32 Å². The lowest BCUT2D eigenvalue weighted by molar-refractivity contribution is 0.0873. The molecular formula is C13H16BrNO2. The van der Waals surface area contributed by atoms with E-state index in [0.717, 1.165) is 29.3 Å². The van der Waals surface area contributed by atoms with Crippen LogP contribution in [0.4, 0.5) is 0 Å². The summed E-state index contributed by atoms with van der Waals surface area (Å²) in [5.41, 5.74) is 1.67. The van der Waals surface area contributed by atoms with Gasteiger partial charge in [0.15, 0.2) is 0 Å². The van der Waals surface area contributed by atoms with E-state index < -0.39 is 6.10 Å². The maximum absolute atomic E-state index is 12.0. The Balaban J connectivity index is 2.09. The first-order valence-electron chi connectivity index (χ1n) is 5.82. The van der Waals surface area contributed by atoms with Crippen molar-refractivity contribution < 1.29 is 9.90 Å². The van der Waals surface area contributed by atoms with Crippen LogP contribution in [0.2, 0.25) is 0 Å². The Hall–Kier alpha value is -0.870. The van der Waals surface area contributed by atoms with Crippen molar-refractivity contribution in [2.45, 2.75) is 38.3 Å². The molecule has 1 aliphatic carbocycles. The van der Waals surface area contributed by atoms with E-state index >= 15 is 0 Å². The Morgan fingerprint density at radius 1 is 1.41 bits per heavy atom. The van der Waals surface area contributed by atoms with Gasteiger partial charge in [0.25, 0.3) is 5.91 Å². The van der Waals surface area contributed by atoms with Crippen molar-refractivity contribution in [3.8, 4) is 0 Å². The smallest absolute Gasteiger partial charge is 0.251 e. The Labute approximate surface area is 109 Å². The van der Waals surface area contributed by atoms with Gasteiger partial charge >= 0.3 is 0 Å². The molecule has 0 bridgehead atoms. The van der Waals surface area contributed by atoms with Crippen LogP contribution in [0.1, 0.15) is 35.2 Å². The number of benzene rings is 1. The largest absolute Gasteiger partial charge is 0.391 e. The number of carbonyl (C=O) groups is 1. The van der Waals surface area contributed by atoms with E-state index in [4.69, 9.17) is 0 Å². The summed E-state index contributed by atoms with van der Waals surface area (Å²) < 4.78 is 0.898. The van der Waals surface area contributed by atoms with Gasteiger partial charge in [0.1, 0.15) is 0 Å². The van der Waals surface area contributed by atoms with Crippen LogP contribution in [-0.2, 0) is 0 Å². The summed E-state index contributed by atoms with van der Waals surface area (Å²) in [7, 11) is 0. The quantitative estimate of drug-likeness (QED) is 0.881. The van der Waals surface area contributed by atoms with Gasteiger partial charge < -0.3 is 10.4 Å². The minimum absolute atomic E-state index is 0.0956. The number of hydrogen-bond donors (Lipinski definition) is 2. The van der Waals surface area contributed by atoms with Crippen LogP contribution >= 0.6 is 15.9 Å². The summed E-state index contributed by atoms with van der Waals surface area (Å²) in [5.74, 6) is -0.111. The summed E-state index contributed by atoms with van der Waals surface area (Å²) in [6, 6.07) is 5.51. The molecule has 2 rings (SSSR count). The van der Waals surface area contributed by atoms with Gasteiger partial charge in [0, 0.05) is 10.0 Å². The van der Waals surface area contributed by atoms with E-state index in [-0.39, 0.29) is 11.9 Å². The van der Waals surface area contributed by atoms with Gasteiger partial charge in [-0.05, 0) is 49.9 Å². The standard InChI is InChI=1S/C13H16BrNO2/c1-8-5-9(7-10(14)6-8)13(17)15-11-3-2-4-12(11)16/h5-7,11-12,16H,2-4H2,1H3,(H,15,17)/t11-,12+/m0/s1. The molecule has 0 saturated heterocycles. The highest BCUT2D eigenvalue weighted by Crippen LogP contribution is 2.20. The molecular weight excluding hydrogens is 282 g/mol. The molecule has 2 N–H and O–H groups in total. The van der Waals surface area contributed by atoms with Crippen LogP contribution in [-0.4, -0.2) is 23.2 Å². The summed E-state index contributed by atoms with van der Waals surface area (Å²) in [6.07, 6.45) is 2.22. The molecule has 1 fully saturated rings. The first kappa shape index (κ1) is 12.6. The average Bonchev–Trinajstić information content (AvgIpc) is 2.63. The van der Waals surface area contributed by atoms with Crippen molar-refractivity contribution in [2.75, 3.05) is 0 Å². The second-order valence-electron chi connectivity index (χ2n) is 4.60. The first-order valence-corrected chi connectivity index (χ1v) is 6.61. The summed E-state index contributed by atoms with van der Waals surface area (Å²) in [4.78, 5) is 12.0. The van der Waals surface area contributed by atoms with Crippen molar-refractivity contribution in [1.29, 1.82) is 0 Å². The monoisotopic (exact) mass is 297 g/mol. The fourth-order valence-electron chi connectivity index (χ4n) is 2.23. The molecule has 1 aromatic carbocycles. The Bertz CT molecular complexity index is 413. The maximum Gasteiger partial charge on any atom is 0.251 e. The van der Waals surface area contributed by atoms with Gasteiger partial charge in [-0.2, -0.15) is 0 Å². The highest BCUT2D eigenvalue weighted by Gasteiger charge is 2.26. The second kappa shape index (κ2) is 5.19. The van der Waals surface area contributed by atoms with Crippen molar-refractivity contribution in [2.24, 2.45) is 0 Å². The summed E-state index contributed by atoms with van der Waals surface area (Å²) in [6.45, 7) is 1.95. The number of amides is 1. The minimum atomic E-state index is -0.396. The second-order valence-corrected chi connectivity index (χ2v) is 5.51. The first-order chi connectivity index (χ1) is 8.06. The van der Waals surface area contributed by atoms with Crippen molar-refractivity contribution >= 4 is 21.8 Å². The average molecular weight is 298 g/mol. The SMILES string of the molecule is Cc1cc(Br)cc(C(=O)N[C@H]2CCC[C@H]2O)c1. The van der Waals surface area contributed by atoms with Crippen molar-refractivity contribution in [3.05, 3.63) is 33.8 Å². The third-order valence-corrected chi connectivity index (χ3v) is 3.56. The van der Waals surface area contributed by atoms with Crippen LogP contribution in [0.5, 0.6) is 0 Å². The van der Waals surface area contributed by atoms with Gasteiger partial charge in [-0.15, -0.1) is 0 Å². The molecule has 1 aliphatic rings. The van der Waals surface area contributed by atoms with E-state index in [9.17, 15) is 9.90 Å². The number of carbonyl (C=O) groups excluding carboxylic acids is 1. The topological polar surface area (TPSA) is 49.3 Å². The predicted molar refractivity (Wildman–Crippen MR) is 70.0 cm³/mol. The zero-order chi connectivity index (χ0) is 12.4. The Morgan fingerprint density at radius 2 is 2.18 bits per heavy atom. The molecule has 4 heteroatoms. The Kier molecular flexibility index (Phi) is 3.84. The molecule has 1 amide bonds. The van der Waals surface area contributed by atoms with Crippen LogP contribution in [0.15, 0.2) is 22.7 Å². The highest BCUT2D eigenvalue weighted by atomic mass is 79.9. The molecule has 0 unspecified atom stereocenters. The van der Waals surface area contributed by atoms with Crippen LogP contribution in [0.3, 0.4) is 0 Å². The van der Waals surface area contributed by atoms with Gasteiger partial charge in [-0.1, -0.05) is 15.9 Å². The van der Waals surface area contributed by atoms with Gasteiger partial charge in [0.05, 0.1) is 12.1 Å². The number of hydrogen-bond acceptors (Lipinski definition) is 2. The van der Waals surface area contributed by atoms with E-state index in [1.807, 2.05) is 19.1 Å². The maximum atomic E-state index is 12.0. The molecule has 1 saturated carbocycles. The van der Waals surface area contributed by atoms with Crippen LogP contribution in [0.25, 0.3) is 0 Å². The molecule has 3 nitrogen and oxygen atoms in total. The summed E-state index contributed by atoms with van der Waals surface area (Å²) >= 11 is 3.38. The molecule has 0 heterocycles. The normalized spacial score (nSPS) is 23.7. The van der Waals surface area contributed by atoms with Gasteiger partial charge in [0.2, 0.25) is 0 Å². The number of rotatable bonds is 2. The molecule has 0 aliphatic heterocycles. The third kappa shape index (κ3) is 3.07. The molecule has 0 aromatic heterocycles. The summed E-state index contributed by atoms with van der Waals surface area (Å²) in [5, 5.41) is 12.6. The lowest BCUT2D eigenvalue weighted by Gasteiger charge is -2.16. The lowest BCUT2D eigenvalue weighted by atomic mass is 10.1. The molecule has 1 aromatic rings. The fourth-order valence-corrected chi connectivity index (χ4v) is 2.84. The van der Waals surface area contributed by atoms with Crippen molar-refractivity contribution in [1.82, 2.24) is 5.32 Å².